The third-order valence-electron chi connectivity index (χ3n) is 5.34. The average Bonchev–Trinajstić information content (AvgIpc) is 2.79. The number of amides is 4. The molecule has 0 atom stereocenters. The topological polar surface area (TPSA) is 164 Å². The highest BCUT2D eigenvalue weighted by molar-refractivity contribution is 6.31. The number of nitrogens with zero attached hydrogens (tertiary/aromatic N) is 3. The quantitative estimate of drug-likeness (QED) is 0.290. The van der Waals surface area contributed by atoms with Gasteiger partial charge in [-0.3, -0.25) is 20.2 Å². The van der Waals surface area contributed by atoms with Crippen LogP contribution in [0.5, 0.6) is 0 Å². The van der Waals surface area contributed by atoms with Gasteiger partial charge in [-0.15, -0.1) is 0 Å². The number of barbiturate groups is 1. The molecule has 3 aromatic rings. The number of hydrogen-bond acceptors (Lipinski definition) is 9. The van der Waals surface area contributed by atoms with Crippen LogP contribution in [0.3, 0.4) is 0 Å². The van der Waals surface area contributed by atoms with E-state index in [9.17, 15) is 14.4 Å². The van der Waals surface area contributed by atoms with Crippen molar-refractivity contribution in [3.63, 3.8) is 0 Å². The summed E-state index contributed by atoms with van der Waals surface area (Å²) in [4.78, 5) is 45.9. The molecule has 1 aliphatic heterocycles. The van der Waals surface area contributed by atoms with Crippen molar-refractivity contribution in [2.75, 3.05) is 16.4 Å². The monoisotopic (exact) mass is 530 g/mol. The standard InChI is InChI=1S/C15H12Cl2N6.C8H12N2O3/c16-9-3-1-5-11(7-9)19-14-21-13(18)22-15(23-14)20-12-6-2-4-10(17)8-12;1-3-8(4-2)5(11)9-7(13)10-6(8)12/h1-8H,(H4,18,19,20,21,22,23);3-4H2,1-2H3,(H2,9,10,11,12,13). The molecule has 0 aliphatic carbocycles. The Morgan fingerprint density at radius 2 is 1.25 bits per heavy atom. The van der Waals surface area contributed by atoms with Gasteiger partial charge in [0.1, 0.15) is 5.41 Å². The fourth-order valence-electron chi connectivity index (χ4n) is 3.37. The molecule has 4 rings (SSSR count). The second kappa shape index (κ2) is 11.6. The maximum absolute atomic E-state index is 11.4. The lowest BCUT2D eigenvalue weighted by atomic mass is 9.79. The molecule has 0 bridgehead atoms. The van der Waals surface area contributed by atoms with Crippen LogP contribution in [0.25, 0.3) is 0 Å². The van der Waals surface area contributed by atoms with Crippen molar-refractivity contribution in [1.29, 1.82) is 0 Å². The van der Waals surface area contributed by atoms with Gasteiger partial charge >= 0.3 is 6.03 Å². The van der Waals surface area contributed by atoms with Crippen LogP contribution in [0, 0.1) is 5.41 Å². The Balaban J connectivity index is 0.000000236. The number of nitrogen functional groups attached to an aromatic ring is 1. The highest BCUT2D eigenvalue weighted by Gasteiger charge is 2.47. The number of carbonyl (C=O) groups excluding carboxylic acids is 3. The highest BCUT2D eigenvalue weighted by Crippen LogP contribution is 2.28. The van der Waals surface area contributed by atoms with E-state index in [1.165, 1.54) is 0 Å². The van der Waals surface area contributed by atoms with Gasteiger partial charge in [-0.05, 0) is 49.2 Å². The predicted molar refractivity (Wildman–Crippen MR) is 138 cm³/mol. The molecule has 36 heavy (non-hydrogen) atoms. The third kappa shape index (κ3) is 6.58. The minimum absolute atomic E-state index is 0.0917. The summed E-state index contributed by atoms with van der Waals surface area (Å²) in [6, 6.07) is 13.7. The molecule has 2 heterocycles. The zero-order valence-corrected chi connectivity index (χ0v) is 20.9. The van der Waals surface area contributed by atoms with Gasteiger partial charge in [0, 0.05) is 21.4 Å². The van der Waals surface area contributed by atoms with Crippen LogP contribution in [0.15, 0.2) is 48.5 Å². The zero-order valence-electron chi connectivity index (χ0n) is 19.4. The zero-order chi connectivity index (χ0) is 26.3. The molecular formula is C23H24Cl2N8O3. The van der Waals surface area contributed by atoms with E-state index in [1.807, 2.05) is 24.3 Å². The molecule has 1 saturated heterocycles. The van der Waals surface area contributed by atoms with E-state index in [2.05, 4.69) is 36.2 Å². The Hall–Kier alpha value is -3.96. The number of rotatable bonds is 6. The molecule has 0 radical (unpaired) electrons. The van der Waals surface area contributed by atoms with Gasteiger partial charge in [0.15, 0.2) is 0 Å². The van der Waals surface area contributed by atoms with E-state index in [1.54, 1.807) is 38.1 Å². The number of aromatic nitrogens is 3. The van der Waals surface area contributed by atoms with Crippen LogP contribution in [0.4, 0.5) is 34.0 Å². The van der Waals surface area contributed by atoms with E-state index < -0.39 is 23.3 Å². The molecule has 11 nitrogen and oxygen atoms in total. The van der Waals surface area contributed by atoms with Gasteiger partial charge in [-0.1, -0.05) is 49.2 Å². The number of nitrogens with two attached hydrogens (primary N) is 1. The van der Waals surface area contributed by atoms with E-state index >= 15 is 0 Å². The summed E-state index contributed by atoms with van der Waals surface area (Å²) in [6.07, 6.45) is 0.795. The maximum atomic E-state index is 11.4. The second-order valence-electron chi connectivity index (χ2n) is 7.64. The molecular weight excluding hydrogens is 507 g/mol. The molecule has 4 amide bonds. The number of halogens is 2. The summed E-state index contributed by atoms with van der Waals surface area (Å²) in [5, 5.41) is 11.5. The normalized spacial score (nSPS) is 14.2. The first-order valence-corrected chi connectivity index (χ1v) is 11.6. The molecule has 1 aromatic heterocycles. The maximum Gasteiger partial charge on any atom is 0.328 e. The first-order chi connectivity index (χ1) is 17.1. The molecule has 0 spiro atoms. The third-order valence-corrected chi connectivity index (χ3v) is 5.81. The molecule has 1 fully saturated rings. The molecule has 6 N–H and O–H groups in total. The smallest absolute Gasteiger partial charge is 0.328 e. The van der Waals surface area contributed by atoms with Crippen molar-refractivity contribution in [3.05, 3.63) is 58.6 Å². The Bertz CT molecular complexity index is 1200. The number of imide groups is 2. The van der Waals surface area contributed by atoms with Gasteiger partial charge in [-0.25, -0.2) is 4.79 Å². The first-order valence-electron chi connectivity index (χ1n) is 10.9. The number of urea groups is 1. The van der Waals surface area contributed by atoms with E-state index in [-0.39, 0.29) is 5.95 Å². The van der Waals surface area contributed by atoms with Crippen molar-refractivity contribution in [2.24, 2.45) is 5.41 Å². The summed E-state index contributed by atoms with van der Waals surface area (Å²) in [7, 11) is 0. The van der Waals surface area contributed by atoms with Gasteiger partial charge < -0.3 is 16.4 Å². The molecule has 188 valence electrons. The van der Waals surface area contributed by atoms with Crippen LogP contribution < -0.4 is 27.0 Å². The molecule has 13 heteroatoms. The fraction of sp³-hybridized carbons (Fsp3) is 0.217. The first kappa shape index (κ1) is 26.6. The summed E-state index contributed by atoms with van der Waals surface area (Å²) in [6.45, 7) is 3.50. The van der Waals surface area contributed by atoms with E-state index in [0.29, 0.717) is 34.8 Å². The van der Waals surface area contributed by atoms with Gasteiger partial charge in [-0.2, -0.15) is 15.0 Å². The Kier molecular flexibility index (Phi) is 8.62. The van der Waals surface area contributed by atoms with Crippen molar-refractivity contribution in [2.45, 2.75) is 26.7 Å². The lowest BCUT2D eigenvalue weighted by Crippen LogP contribution is -2.61. The van der Waals surface area contributed by atoms with Gasteiger partial charge in [0.25, 0.3) is 0 Å². The van der Waals surface area contributed by atoms with Crippen molar-refractivity contribution in [1.82, 2.24) is 25.6 Å². The average molecular weight is 531 g/mol. The molecule has 2 aromatic carbocycles. The molecule has 0 unspecified atom stereocenters. The molecule has 1 aliphatic rings. The Morgan fingerprint density at radius 1 is 0.806 bits per heavy atom. The minimum atomic E-state index is -1.06. The summed E-state index contributed by atoms with van der Waals surface area (Å²) in [5.74, 6) is -0.278. The van der Waals surface area contributed by atoms with E-state index in [0.717, 1.165) is 11.4 Å². The van der Waals surface area contributed by atoms with Crippen molar-refractivity contribution < 1.29 is 14.4 Å². The van der Waals surface area contributed by atoms with Crippen LogP contribution >= 0.6 is 23.2 Å². The predicted octanol–water partition coefficient (Wildman–Crippen LogP) is 4.41. The fourth-order valence-corrected chi connectivity index (χ4v) is 3.75. The van der Waals surface area contributed by atoms with E-state index in [4.69, 9.17) is 28.9 Å². The summed E-state index contributed by atoms with van der Waals surface area (Å²) >= 11 is 11.9. The lowest BCUT2D eigenvalue weighted by Gasteiger charge is -2.31. The largest absolute Gasteiger partial charge is 0.368 e. The lowest BCUT2D eigenvalue weighted by molar-refractivity contribution is -0.144. The second-order valence-corrected chi connectivity index (χ2v) is 8.51. The number of anilines is 5. The number of carbonyl (C=O) groups is 3. The SMILES string of the molecule is CCC1(CC)C(=O)NC(=O)NC1=O.Nc1nc(Nc2cccc(Cl)c2)nc(Nc2cccc(Cl)c2)n1. The van der Waals surface area contributed by atoms with Gasteiger partial charge in [0.2, 0.25) is 29.7 Å². The number of nitrogens with one attached hydrogen (secondary N) is 4. The highest BCUT2D eigenvalue weighted by atomic mass is 35.5. The van der Waals surface area contributed by atoms with Crippen LogP contribution in [0.2, 0.25) is 10.0 Å². The van der Waals surface area contributed by atoms with Crippen LogP contribution in [-0.4, -0.2) is 32.8 Å². The van der Waals surface area contributed by atoms with Crippen LogP contribution in [-0.2, 0) is 9.59 Å². The molecule has 0 saturated carbocycles. The Labute approximate surface area is 217 Å². The van der Waals surface area contributed by atoms with Crippen LogP contribution in [0.1, 0.15) is 26.7 Å². The summed E-state index contributed by atoms with van der Waals surface area (Å²) in [5.41, 5.74) is 6.16. The van der Waals surface area contributed by atoms with Crippen molar-refractivity contribution in [3.8, 4) is 0 Å². The minimum Gasteiger partial charge on any atom is -0.368 e. The van der Waals surface area contributed by atoms with Gasteiger partial charge in [0.05, 0.1) is 0 Å². The number of hydrogen-bond donors (Lipinski definition) is 5. The number of benzene rings is 2. The summed E-state index contributed by atoms with van der Waals surface area (Å²) < 4.78 is 0. The Morgan fingerprint density at radius 3 is 1.64 bits per heavy atom. The van der Waals surface area contributed by atoms with Crippen molar-refractivity contribution >= 4 is 70.3 Å².